The lowest BCUT2D eigenvalue weighted by atomic mass is 10.3. The highest BCUT2D eigenvalue weighted by molar-refractivity contribution is 7.16. The summed E-state index contributed by atoms with van der Waals surface area (Å²) < 4.78 is 0. The first-order chi connectivity index (χ1) is 7.08. The fraction of sp³-hybridized carbons (Fsp3) is 0.400. The lowest BCUT2D eigenvalue weighted by molar-refractivity contribution is 0.198. The Hall–Kier alpha value is -0.780. The molecular weight excluding hydrogens is 228 g/mol. The number of thiazole rings is 2. The highest BCUT2D eigenvalue weighted by atomic mass is 32.1. The Morgan fingerprint density at radius 3 is 2.53 bits per heavy atom. The van der Waals surface area contributed by atoms with Gasteiger partial charge in [0.2, 0.25) is 0 Å². The second-order valence-corrected chi connectivity index (χ2v) is 5.49. The average Bonchev–Trinajstić information content (AvgIpc) is 2.71. The SMILES string of the molecule is Cc1nc(-c2sc(C(C)O)nc2C)cs1. The molecule has 2 heterocycles. The molecule has 0 bridgehead atoms. The molecule has 0 amide bonds. The second kappa shape index (κ2) is 4.00. The van der Waals surface area contributed by atoms with E-state index in [0.29, 0.717) is 0 Å². The number of aliphatic hydroxyl groups excluding tert-OH is 1. The van der Waals surface area contributed by atoms with Crippen LogP contribution < -0.4 is 0 Å². The molecule has 5 heteroatoms. The second-order valence-electron chi connectivity index (χ2n) is 3.39. The Morgan fingerprint density at radius 1 is 1.33 bits per heavy atom. The molecular formula is C10H12N2OS2. The smallest absolute Gasteiger partial charge is 0.122 e. The number of aliphatic hydroxyl groups is 1. The van der Waals surface area contributed by atoms with Crippen LogP contribution in [0.5, 0.6) is 0 Å². The van der Waals surface area contributed by atoms with E-state index in [9.17, 15) is 5.11 Å². The summed E-state index contributed by atoms with van der Waals surface area (Å²) in [6.07, 6.45) is -0.498. The molecule has 2 aromatic rings. The first-order valence-corrected chi connectivity index (χ1v) is 6.35. The summed E-state index contributed by atoms with van der Waals surface area (Å²) in [7, 11) is 0. The van der Waals surface area contributed by atoms with Crippen LogP contribution in [0.25, 0.3) is 10.6 Å². The van der Waals surface area contributed by atoms with Crippen LogP contribution in [-0.4, -0.2) is 15.1 Å². The van der Waals surface area contributed by atoms with E-state index in [1.165, 1.54) is 11.3 Å². The number of hydrogen-bond donors (Lipinski definition) is 1. The van der Waals surface area contributed by atoms with E-state index in [0.717, 1.165) is 26.3 Å². The van der Waals surface area contributed by atoms with Crippen molar-refractivity contribution in [3.05, 3.63) is 21.1 Å². The van der Waals surface area contributed by atoms with Crippen LogP contribution in [0.4, 0.5) is 0 Å². The summed E-state index contributed by atoms with van der Waals surface area (Å²) in [4.78, 5) is 9.82. The van der Waals surface area contributed by atoms with E-state index in [1.807, 2.05) is 19.2 Å². The predicted octanol–water partition coefficient (Wildman–Crippen LogP) is 2.94. The van der Waals surface area contributed by atoms with Crippen LogP contribution in [0, 0.1) is 13.8 Å². The summed E-state index contributed by atoms with van der Waals surface area (Å²) in [5.74, 6) is 0. The summed E-state index contributed by atoms with van der Waals surface area (Å²) in [6.45, 7) is 5.67. The van der Waals surface area contributed by atoms with Crippen molar-refractivity contribution >= 4 is 22.7 Å². The maximum Gasteiger partial charge on any atom is 0.122 e. The Kier molecular flexibility index (Phi) is 2.86. The molecule has 2 aromatic heterocycles. The van der Waals surface area contributed by atoms with Crippen molar-refractivity contribution in [3.8, 4) is 10.6 Å². The fourth-order valence-electron chi connectivity index (χ4n) is 1.30. The van der Waals surface area contributed by atoms with Gasteiger partial charge in [-0.05, 0) is 20.8 Å². The van der Waals surface area contributed by atoms with Crippen molar-refractivity contribution < 1.29 is 5.11 Å². The Morgan fingerprint density at radius 2 is 2.07 bits per heavy atom. The van der Waals surface area contributed by atoms with Crippen LogP contribution in [0.3, 0.4) is 0 Å². The van der Waals surface area contributed by atoms with Gasteiger partial charge < -0.3 is 5.11 Å². The molecule has 0 spiro atoms. The zero-order chi connectivity index (χ0) is 11.0. The van der Waals surface area contributed by atoms with Gasteiger partial charge >= 0.3 is 0 Å². The average molecular weight is 240 g/mol. The molecule has 0 radical (unpaired) electrons. The zero-order valence-corrected chi connectivity index (χ0v) is 10.4. The summed E-state index contributed by atoms with van der Waals surface area (Å²) in [5.41, 5.74) is 1.92. The molecule has 1 unspecified atom stereocenters. The van der Waals surface area contributed by atoms with E-state index >= 15 is 0 Å². The molecule has 0 saturated carbocycles. The minimum atomic E-state index is -0.498. The molecule has 1 atom stereocenters. The number of rotatable bonds is 2. The van der Waals surface area contributed by atoms with Crippen molar-refractivity contribution in [2.24, 2.45) is 0 Å². The maximum absolute atomic E-state index is 9.44. The van der Waals surface area contributed by atoms with Crippen LogP contribution in [0.1, 0.15) is 28.7 Å². The number of aromatic nitrogens is 2. The normalized spacial score (nSPS) is 13.1. The molecule has 3 nitrogen and oxygen atoms in total. The van der Waals surface area contributed by atoms with Crippen LogP contribution >= 0.6 is 22.7 Å². The van der Waals surface area contributed by atoms with E-state index in [-0.39, 0.29) is 0 Å². The van der Waals surface area contributed by atoms with Crippen molar-refractivity contribution in [2.75, 3.05) is 0 Å². The van der Waals surface area contributed by atoms with Crippen LogP contribution in [-0.2, 0) is 0 Å². The summed E-state index contributed by atoms with van der Waals surface area (Å²) >= 11 is 3.15. The molecule has 0 fully saturated rings. The summed E-state index contributed by atoms with van der Waals surface area (Å²) in [5, 5.41) is 13.3. The first kappa shape index (κ1) is 10.7. The topological polar surface area (TPSA) is 46.0 Å². The van der Waals surface area contributed by atoms with E-state index in [1.54, 1.807) is 18.3 Å². The quantitative estimate of drug-likeness (QED) is 0.878. The minimum absolute atomic E-state index is 0.498. The Bertz CT molecular complexity index is 473. The van der Waals surface area contributed by atoms with Crippen molar-refractivity contribution in [1.82, 2.24) is 9.97 Å². The van der Waals surface area contributed by atoms with Gasteiger partial charge in [-0.2, -0.15) is 0 Å². The van der Waals surface area contributed by atoms with Gasteiger partial charge in [-0.15, -0.1) is 22.7 Å². The summed E-state index contributed by atoms with van der Waals surface area (Å²) in [6, 6.07) is 0. The van der Waals surface area contributed by atoms with Gasteiger partial charge in [-0.25, -0.2) is 9.97 Å². The third kappa shape index (κ3) is 2.09. The molecule has 1 N–H and O–H groups in total. The van der Waals surface area contributed by atoms with E-state index < -0.39 is 6.10 Å². The number of nitrogens with zero attached hydrogens (tertiary/aromatic N) is 2. The molecule has 0 aliphatic heterocycles. The van der Waals surface area contributed by atoms with Gasteiger partial charge in [-0.3, -0.25) is 0 Å². The molecule has 15 heavy (non-hydrogen) atoms. The van der Waals surface area contributed by atoms with Crippen molar-refractivity contribution in [1.29, 1.82) is 0 Å². The molecule has 80 valence electrons. The molecule has 0 aliphatic carbocycles. The minimum Gasteiger partial charge on any atom is -0.386 e. The highest BCUT2D eigenvalue weighted by Crippen LogP contribution is 2.32. The van der Waals surface area contributed by atoms with Gasteiger partial charge in [-0.1, -0.05) is 0 Å². The van der Waals surface area contributed by atoms with Gasteiger partial charge in [0, 0.05) is 5.38 Å². The molecule has 0 saturated heterocycles. The predicted molar refractivity (Wildman–Crippen MR) is 63.3 cm³/mol. The van der Waals surface area contributed by atoms with E-state index in [4.69, 9.17) is 0 Å². The van der Waals surface area contributed by atoms with Crippen molar-refractivity contribution in [3.63, 3.8) is 0 Å². The number of hydrogen-bond acceptors (Lipinski definition) is 5. The van der Waals surface area contributed by atoms with Crippen LogP contribution in [0.15, 0.2) is 5.38 Å². The Labute approximate surface area is 96.5 Å². The largest absolute Gasteiger partial charge is 0.386 e. The monoisotopic (exact) mass is 240 g/mol. The lowest BCUT2D eigenvalue weighted by Gasteiger charge is -1.94. The highest BCUT2D eigenvalue weighted by Gasteiger charge is 2.14. The van der Waals surface area contributed by atoms with Gasteiger partial charge in [0.15, 0.2) is 0 Å². The maximum atomic E-state index is 9.44. The third-order valence-corrected chi connectivity index (χ3v) is 4.15. The molecule has 2 rings (SSSR count). The first-order valence-electron chi connectivity index (χ1n) is 4.66. The third-order valence-electron chi connectivity index (χ3n) is 2.02. The van der Waals surface area contributed by atoms with Gasteiger partial charge in [0.05, 0.1) is 21.3 Å². The van der Waals surface area contributed by atoms with Gasteiger partial charge in [0.1, 0.15) is 11.1 Å². The fourth-order valence-corrected chi connectivity index (χ4v) is 2.94. The van der Waals surface area contributed by atoms with Crippen LogP contribution in [0.2, 0.25) is 0 Å². The molecule has 0 aliphatic rings. The Balaban J connectivity index is 2.44. The number of aryl methyl sites for hydroxylation is 2. The van der Waals surface area contributed by atoms with Crippen molar-refractivity contribution in [2.45, 2.75) is 26.9 Å². The molecule has 0 aromatic carbocycles. The van der Waals surface area contributed by atoms with Gasteiger partial charge in [0.25, 0.3) is 0 Å². The lowest BCUT2D eigenvalue weighted by Crippen LogP contribution is -1.88. The standard InChI is InChI=1S/C10H12N2OS2/c1-5-9(8-4-14-7(3)12-8)15-10(11-5)6(2)13/h4,6,13H,1-3H3. The van der Waals surface area contributed by atoms with E-state index in [2.05, 4.69) is 9.97 Å². The zero-order valence-electron chi connectivity index (χ0n) is 8.81.